The normalized spacial score (nSPS) is 19.3. The fourth-order valence-electron chi connectivity index (χ4n) is 4.73. The van der Waals surface area contributed by atoms with Crippen molar-refractivity contribution in [1.29, 1.82) is 0 Å². The lowest BCUT2D eigenvalue weighted by Crippen LogP contribution is -2.48. The van der Waals surface area contributed by atoms with Gasteiger partial charge in [-0.3, -0.25) is 14.5 Å². The number of piperazine rings is 1. The number of rotatable bonds is 6. The van der Waals surface area contributed by atoms with Gasteiger partial charge in [-0.15, -0.1) is 11.3 Å². The van der Waals surface area contributed by atoms with Crippen LogP contribution in [0.2, 0.25) is 5.02 Å². The quantitative estimate of drug-likeness (QED) is 0.538. The highest BCUT2D eigenvalue weighted by Crippen LogP contribution is 2.34. The number of anilines is 2. The molecular formula is C24H24ClFN6O2S. The molecule has 0 saturated carbocycles. The Morgan fingerprint density at radius 1 is 1.26 bits per heavy atom. The molecule has 2 atom stereocenters. The zero-order chi connectivity index (χ0) is 24.7. The minimum absolute atomic E-state index is 0.00562. The minimum Gasteiger partial charge on any atom is -0.345 e. The molecule has 5 rings (SSSR count). The van der Waals surface area contributed by atoms with Crippen LogP contribution >= 0.6 is 22.9 Å². The number of aromatic nitrogens is 2. The van der Waals surface area contributed by atoms with E-state index in [4.69, 9.17) is 16.6 Å². The van der Waals surface area contributed by atoms with Crippen LogP contribution in [-0.2, 0) is 6.54 Å². The molecule has 1 N–H and O–H groups in total. The fourth-order valence-corrected chi connectivity index (χ4v) is 5.44. The number of nitrogens with one attached hydrogen (secondary N) is 1. The van der Waals surface area contributed by atoms with Gasteiger partial charge in [-0.25, -0.2) is 14.4 Å². The molecule has 2 aliphatic rings. The molecule has 2 fully saturated rings. The van der Waals surface area contributed by atoms with Crippen molar-refractivity contribution in [3.63, 3.8) is 0 Å². The molecule has 2 bridgehead atoms. The van der Waals surface area contributed by atoms with E-state index in [1.54, 1.807) is 37.3 Å². The molecule has 3 aromatic rings. The molecule has 0 aliphatic carbocycles. The Labute approximate surface area is 211 Å². The number of thiazole rings is 1. The van der Waals surface area contributed by atoms with Crippen molar-refractivity contribution in [1.82, 2.24) is 24.7 Å². The maximum Gasteiger partial charge on any atom is 0.257 e. The molecule has 0 unspecified atom stereocenters. The predicted octanol–water partition coefficient (Wildman–Crippen LogP) is 3.87. The summed E-state index contributed by atoms with van der Waals surface area (Å²) in [6.07, 6.45) is 2.51. The van der Waals surface area contributed by atoms with Gasteiger partial charge in [0.05, 0.1) is 16.3 Å². The van der Waals surface area contributed by atoms with Crippen LogP contribution in [-0.4, -0.2) is 75.8 Å². The van der Waals surface area contributed by atoms with Crippen LogP contribution < -0.4 is 5.32 Å². The Bertz CT molecular complexity index is 1270. The van der Waals surface area contributed by atoms with Gasteiger partial charge in [-0.1, -0.05) is 17.7 Å². The SMILES string of the molecule is CN(C)C(=O)c1cc(CN2C[C@H]3C[C@@H]2CN3C(=O)c2cccc(Cl)c2F)nc(Nc2nccs2)c1. The summed E-state index contributed by atoms with van der Waals surface area (Å²) in [5, 5.41) is 5.68. The van der Waals surface area contributed by atoms with E-state index >= 15 is 0 Å². The second-order valence-corrected chi connectivity index (χ2v) is 10.2. The van der Waals surface area contributed by atoms with Crippen molar-refractivity contribution in [3.8, 4) is 0 Å². The van der Waals surface area contributed by atoms with Crippen LogP contribution in [0.4, 0.5) is 15.3 Å². The number of hydrogen-bond donors (Lipinski definition) is 1. The van der Waals surface area contributed by atoms with Crippen LogP contribution in [0.1, 0.15) is 32.8 Å². The van der Waals surface area contributed by atoms with E-state index < -0.39 is 5.82 Å². The molecule has 2 amide bonds. The van der Waals surface area contributed by atoms with Crippen LogP contribution in [0.3, 0.4) is 0 Å². The highest BCUT2D eigenvalue weighted by molar-refractivity contribution is 7.13. The zero-order valence-corrected chi connectivity index (χ0v) is 20.8. The topological polar surface area (TPSA) is 81.7 Å². The number of halogens is 2. The molecule has 4 heterocycles. The van der Waals surface area contributed by atoms with Crippen molar-refractivity contribution in [2.45, 2.75) is 25.0 Å². The lowest BCUT2D eigenvalue weighted by Gasteiger charge is -2.34. The summed E-state index contributed by atoms with van der Waals surface area (Å²) in [4.78, 5) is 40.2. The first-order chi connectivity index (χ1) is 16.8. The van der Waals surface area contributed by atoms with Crippen LogP contribution in [0, 0.1) is 5.82 Å². The fraction of sp³-hybridized carbons (Fsp3) is 0.333. The summed E-state index contributed by atoms with van der Waals surface area (Å²) in [7, 11) is 3.42. The second kappa shape index (κ2) is 9.52. The summed E-state index contributed by atoms with van der Waals surface area (Å²) >= 11 is 7.32. The number of likely N-dealkylation sites (tertiary alicyclic amines) is 2. The first-order valence-electron chi connectivity index (χ1n) is 11.2. The summed E-state index contributed by atoms with van der Waals surface area (Å²) in [6, 6.07) is 8.16. The third kappa shape index (κ3) is 4.73. The Balaban J connectivity index is 1.32. The first kappa shape index (κ1) is 23.7. The average molecular weight is 515 g/mol. The third-order valence-corrected chi connectivity index (χ3v) is 7.34. The molecule has 182 valence electrons. The number of fused-ring (bicyclic) bond motifs is 2. The lowest BCUT2D eigenvalue weighted by atomic mass is 10.1. The number of benzene rings is 1. The largest absolute Gasteiger partial charge is 0.345 e. The number of carbonyl (C=O) groups is 2. The summed E-state index contributed by atoms with van der Waals surface area (Å²) < 4.78 is 14.4. The van der Waals surface area contributed by atoms with E-state index in [1.807, 2.05) is 11.4 Å². The predicted molar refractivity (Wildman–Crippen MR) is 133 cm³/mol. The minimum atomic E-state index is -0.675. The van der Waals surface area contributed by atoms with Crippen molar-refractivity contribution in [2.24, 2.45) is 0 Å². The van der Waals surface area contributed by atoms with Gasteiger partial charge in [0.1, 0.15) is 5.82 Å². The van der Waals surface area contributed by atoms with E-state index in [0.717, 1.165) is 12.1 Å². The Morgan fingerprint density at radius 2 is 2.09 bits per heavy atom. The van der Waals surface area contributed by atoms with Gasteiger partial charge in [0, 0.05) is 63.0 Å². The molecule has 2 saturated heterocycles. The average Bonchev–Trinajstić information content (AvgIpc) is 3.57. The molecule has 2 aliphatic heterocycles. The van der Waals surface area contributed by atoms with E-state index in [1.165, 1.54) is 28.4 Å². The van der Waals surface area contributed by atoms with E-state index in [2.05, 4.69) is 15.2 Å². The summed E-state index contributed by atoms with van der Waals surface area (Å²) in [5.41, 5.74) is 1.30. The number of nitrogens with zero attached hydrogens (tertiary/aromatic N) is 5. The molecule has 2 aromatic heterocycles. The molecule has 0 spiro atoms. The lowest BCUT2D eigenvalue weighted by molar-refractivity contribution is 0.0609. The smallest absolute Gasteiger partial charge is 0.257 e. The maximum absolute atomic E-state index is 14.4. The van der Waals surface area contributed by atoms with Gasteiger partial charge >= 0.3 is 0 Å². The maximum atomic E-state index is 14.4. The Kier molecular flexibility index (Phi) is 6.43. The monoisotopic (exact) mass is 514 g/mol. The van der Waals surface area contributed by atoms with Gasteiger partial charge < -0.3 is 15.1 Å². The third-order valence-electron chi connectivity index (χ3n) is 6.36. The number of pyridine rings is 1. The van der Waals surface area contributed by atoms with Crippen molar-refractivity contribution >= 4 is 45.7 Å². The van der Waals surface area contributed by atoms with E-state index in [9.17, 15) is 14.0 Å². The number of hydrogen-bond acceptors (Lipinski definition) is 7. The van der Waals surface area contributed by atoms with Gasteiger partial charge in [0.2, 0.25) is 0 Å². The van der Waals surface area contributed by atoms with Crippen LogP contribution in [0.25, 0.3) is 0 Å². The summed E-state index contributed by atoms with van der Waals surface area (Å²) in [5.74, 6) is -0.561. The number of amides is 2. The van der Waals surface area contributed by atoms with Crippen molar-refractivity contribution < 1.29 is 14.0 Å². The molecule has 0 radical (unpaired) electrons. The summed E-state index contributed by atoms with van der Waals surface area (Å²) in [6.45, 7) is 1.70. The molecule has 8 nitrogen and oxygen atoms in total. The first-order valence-corrected chi connectivity index (χ1v) is 12.4. The molecule has 35 heavy (non-hydrogen) atoms. The van der Waals surface area contributed by atoms with Crippen molar-refractivity contribution in [3.05, 3.63) is 69.6 Å². The number of carbonyl (C=O) groups excluding carboxylic acids is 2. The zero-order valence-electron chi connectivity index (χ0n) is 19.2. The molecule has 1 aromatic carbocycles. The molecule has 11 heteroatoms. The highest BCUT2D eigenvalue weighted by Gasteiger charge is 2.45. The van der Waals surface area contributed by atoms with Crippen LogP contribution in [0.15, 0.2) is 41.9 Å². The van der Waals surface area contributed by atoms with E-state index in [-0.39, 0.29) is 34.5 Å². The standard InChI is InChI=1S/C24H24ClFN6O2S/c1-30(2)22(33)14-8-15(28-20(9-14)29-24-27-6-7-35-24)11-31-12-17-10-16(31)13-32(17)23(34)18-4-3-5-19(25)21(18)26/h3-9,16-17H,10-13H2,1-2H3,(H,27,28,29)/t16-,17-/m1/s1. The van der Waals surface area contributed by atoms with E-state index in [0.29, 0.717) is 36.1 Å². The van der Waals surface area contributed by atoms with Crippen molar-refractivity contribution in [2.75, 3.05) is 32.5 Å². The van der Waals surface area contributed by atoms with Gasteiger partial charge in [-0.2, -0.15) is 0 Å². The van der Waals surface area contributed by atoms with Gasteiger partial charge in [-0.05, 0) is 30.7 Å². The Hall–Kier alpha value is -3.08. The molecular weight excluding hydrogens is 491 g/mol. The van der Waals surface area contributed by atoms with Gasteiger partial charge in [0.25, 0.3) is 11.8 Å². The van der Waals surface area contributed by atoms with Gasteiger partial charge in [0.15, 0.2) is 10.9 Å². The second-order valence-electron chi connectivity index (χ2n) is 8.93. The highest BCUT2D eigenvalue weighted by atomic mass is 35.5. The van der Waals surface area contributed by atoms with Crippen LogP contribution in [0.5, 0.6) is 0 Å². The Morgan fingerprint density at radius 3 is 2.77 bits per heavy atom.